The molecule has 0 bridgehead atoms. The lowest BCUT2D eigenvalue weighted by atomic mass is 10.0. The summed E-state index contributed by atoms with van der Waals surface area (Å²) in [7, 11) is 0. The molecule has 0 unspecified atom stereocenters. The van der Waals surface area contributed by atoms with E-state index in [0.717, 1.165) is 29.4 Å². The summed E-state index contributed by atoms with van der Waals surface area (Å²) in [6.45, 7) is 9.83. The maximum atomic E-state index is 11.1. The maximum Gasteiger partial charge on any atom is 0.307 e. The first-order chi connectivity index (χ1) is 10.4. The number of hydrogen-bond acceptors (Lipinski definition) is 2. The maximum absolute atomic E-state index is 11.1. The van der Waals surface area contributed by atoms with E-state index < -0.39 is 5.97 Å². The average molecular weight is 302 g/mol. The number of aliphatic carboxylic acids is 1. The first-order valence-corrected chi connectivity index (χ1v) is 7.95. The highest BCUT2D eigenvalue weighted by atomic mass is 16.4. The van der Waals surface area contributed by atoms with E-state index in [-0.39, 0.29) is 6.42 Å². The van der Waals surface area contributed by atoms with Gasteiger partial charge in [0, 0.05) is 35.7 Å². The molecule has 2 N–H and O–H groups in total. The Morgan fingerprint density at radius 2 is 1.86 bits per heavy atom. The highest BCUT2D eigenvalue weighted by Crippen LogP contribution is 2.24. The predicted octanol–water partition coefficient (Wildman–Crippen LogP) is 3.46. The molecule has 0 aliphatic rings. The number of hydrogen-bond donors (Lipinski definition) is 2. The van der Waals surface area contributed by atoms with Gasteiger partial charge in [0.2, 0.25) is 0 Å². The van der Waals surface area contributed by atoms with E-state index in [2.05, 4.69) is 37.6 Å². The fourth-order valence-corrected chi connectivity index (χ4v) is 3.21. The van der Waals surface area contributed by atoms with Crippen molar-refractivity contribution in [3.8, 4) is 0 Å². The molecule has 0 fully saturated rings. The van der Waals surface area contributed by atoms with Crippen LogP contribution in [-0.4, -0.2) is 39.6 Å². The third-order valence-corrected chi connectivity index (χ3v) is 4.18. The molecule has 0 radical (unpaired) electrons. The van der Waals surface area contributed by atoms with Crippen molar-refractivity contribution in [1.29, 1.82) is 0 Å². The Kier molecular flexibility index (Phi) is 5.24. The zero-order chi connectivity index (χ0) is 16.3. The average Bonchev–Trinajstić information content (AvgIpc) is 2.82. The predicted molar refractivity (Wildman–Crippen MR) is 90.3 cm³/mol. The van der Waals surface area contributed by atoms with E-state index in [4.69, 9.17) is 5.11 Å². The van der Waals surface area contributed by atoms with Crippen LogP contribution in [0.2, 0.25) is 0 Å². The molecule has 1 heterocycles. The van der Waals surface area contributed by atoms with Gasteiger partial charge in [-0.25, -0.2) is 0 Å². The van der Waals surface area contributed by atoms with E-state index in [1.165, 1.54) is 5.56 Å². The second-order valence-electron chi connectivity index (χ2n) is 6.40. The van der Waals surface area contributed by atoms with E-state index in [0.29, 0.717) is 12.1 Å². The number of fused-ring (bicyclic) bond motifs is 1. The van der Waals surface area contributed by atoms with E-state index in [1.807, 2.05) is 24.4 Å². The van der Waals surface area contributed by atoms with Gasteiger partial charge in [0.1, 0.15) is 0 Å². The summed E-state index contributed by atoms with van der Waals surface area (Å²) < 4.78 is 0. The molecule has 0 amide bonds. The number of benzene rings is 1. The van der Waals surface area contributed by atoms with Crippen LogP contribution in [0.25, 0.3) is 10.9 Å². The molecule has 22 heavy (non-hydrogen) atoms. The van der Waals surface area contributed by atoms with Gasteiger partial charge in [0.25, 0.3) is 0 Å². The summed E-state index contributed by atoms with van der Waals surface area (Å²) in [5.41, 5.74) is 3.12. The van der Waals surface area contributed by atoms with Gasteiger partial charge in [-0.3, -0.25) is 9.69 Å². The Hall–Kier alpha value is -1.81. The molecule has 120 valence electrons. The molecule has 0 atom stereocenters. The third-order valence-electron chi connectivity index (χ3n) is 4.18. The lowest BCUT2D eigenvalue weighted by Gasteiger charge is -2.30. The lowest BCUT2D eigenvalue weighted by molar-refractivity contribution is -0.136. The van der Waals surface area contributed by atoms with Gasteiger partial charge in [-0.05, 0) is 51.3 Å². The Morgan fingerprint density at radius 3 is 2.45 bits per heavy atom. The van der Waals surface area contributed by atoms with Gasteiger partial charge in [-0.2, -0.15) is 0 Å². The molecule has 2 aromatic rings. The normalized spacial score (nSPS) is 12.0. The topological polar surface area (TPSA) is 56.3 Å². The van der Waals surface area contributed by atoms with Crippen LogP contribution in [0.15, 0.2) is 24.4 Å². The number of nitrogens with zero attached hydrogens (tertiary/aromatic N) is 1. The first kappa shape index (κ1) is 16.6. The highest BCUT2D eigenvalue weighted by molar-refractivity contribution is 5.89. The van der Waals surface area contributed by atoms with Gasteiger partial charge in [0.05, 0.1) is 6.42 Å². The van der Waals surface area contributed by atoms with Crippen LogP contribution in [0, 0.1) is 0 Å². The number of aromatic amines is 1. The second kappa shape index (κ2) is 6.97. The minimum absolute atomic E-state index is 0.0697. The summed E-state index contributed by atoms with van der Waals surface area (Å²) in [4.78, 5) is 16.8. The standard InChI is InChI=1S/C18H26N2O2/c1-12(2)20(13(3)4)9-8-15-11-19-16-7-5-6-14(18(15)16)10-17(21)22/h5-7,11-13,19H,8-10H2,1-4H3,(H,21,22). The molecule has 0 saturated heterocycles. The number of carboxylic acids is 1. The van der Waals surface area contributed by atoms with E-state index in [9.17, 15) is 4.79 Å². The Labute approximate surface area is 132 Å². The first-order valence-electron chi connectivity index (χ1n) is 7.95. The molecule has 2 rings (SSSR count). The number of rotatable bonds is 7. The van der Waals surface area contributed by atoms with Crippen molar-refractivity contribution >= 4 is 16.9 Å². The molecular formula is C18H26N2O2. The van der Waals surface area contributed by atoms with Gasteiger partial charge < -0.3 is 10.1 Å². The van der Waals surface area contributed by atoms with Crippen LogP contribution in [0.3, 0.4) is 0 Å². The monoisotopic (exact) mass is 302 g/mol. The van der Waals surface area contributed by atoms with Crippen LogP contribution < -0.4 is 0 Å². The van der Waals surface area contributed by atoms with Crippen molar-refractivity contribution in [2.75, 3.05) is 6.54 Å². The Morgan fingerprint density at radius 1 is 1.18 bits per heavy atom. The van der Waals surface area contributed by atoms with Gasteiger partial charge in [-0.15, -0.1) is 0 Å². The van der Waals surface area contributed by atoms with Gasteiger partial charge >= 0.3 is 5.97 Å². The van der Waals surface area contributed by atoms with Crippen molar-refractivity contribution in [1.82, 2.24) is 9.88 Å². The molecule has 4 nitrogen and oxygen atoms in total. The van der Waals surface area contributed by atoms with Crippen molar-refractivity contribution in [2.45, 2.75) is 52.6 Å². The van der Waals surface area contributed by atoms with Crippen LogP contribution in [0.1, 0.15) is 38.8 Å². The summed E-state index contributed by atoms with van der Waals surface area (Å²) in [5, 5.41) is 10.2. The molecule has 1 aromatic heterocycles. The van der Waals surface area contributed by atoms with Crippen LogP contribution in [0.5, 0.6) is 0 Å². The molecule has 0 saturated carbocycles. The summed E-state index contributed by atoms with van der Waals surface area (Å²) in [6, 6.07) is 6.84. The molecular weight excluding hydrogens is 276 g/mol. The largest absolute Gasteiger partial charge is 0.481 e. The third kappa shape index (κ3) is 3.69. The second-order valence-corrected chi connectivity index (χ2v) is 6.40. The zero-order valence-electron chi connectivity index (χ0n) is 13.9. The fraction of sp³-hybridized carbons (Fsp3) is 0.500. The van der Waals surface area contributed by atoms with Crippen molar-refractivity contribution in [3.63, 3.8) is 0 Å². The smallest absolute Gasteiger partial charge is 0.307 e. The molecule has 0 aliphatic heterocycles. The van der Waals surface area contributed by atoms with Crippen molar-refractivity contribution in [2.24, 2.45) is 0 Å². The van der Waals surface area contributed by atoms with Gasteiger partial charge in [0.15, 0.2) is 0 Å². The van der Waals surface area contributed by atoms with Crippen molar-refractivity contribution in [3.05, 3.63) is 35.5 Å². The van der Waals surface area contributed by atoms with Crippen molar-refractivity contribution < 1.29 is 9.90 Å². The number of carbonyl (C=O) groups is 1. The quantitative estimate of drug-likeness (QED) is 0.823. The minimum Gasteiger partial charge on any atom is -0.481 e. The molecule has 1 aromatic carbocycles. The summed E-state index contributed by atoms with van der Waals surface area (Å²) >= 11 is 0. The number of aromatic nitrogens is 1. The zero-order valence-corrected chi connectivity index (χ0v) is 13.9. The lowest BCUT2D eigenvalue weighted by Crippen LogP contribution is -2.38. The molecule has 4 heteroatoms. The highest BCUT2D eigenvalue weighted by Gasteiger charge is 2.15. The summed E-state index contributed by atoms with van der Waals surface area (Å²) in [6.07, 6.45) is 3.02. The van der Waals surface area contributed by atoms with Crippen LogP contribution in [0.4, 0.5) is 0 Å². The van der Waals surface area contributed by atoms with E-state index in [1.54, 1.807) is 0 Å². The van der Waals surface area contributed by atoms with Crippen LogP contribution >= 0.6 is 0 Å². The Bertz CT molecular complexity index is 636. The molecule has 0 aliphatic carbocycles. The Balaban J connectivity index is 2.26. The number of H-pyrrole nitrogens is 1. The fourth-order valence-electron chi connectivity index (χ4n) is 3.21. The van der Waals surface area contributed by atoms with Crippen LogP contribution in [-0.2, 0) is 17.6 Å². The van der Waals surface area contributed by atoms with E-state index >= 15 is 0 Å². The molecule has 0 spiro atoms. The number of carboxylic acid groups (broad SMARTS) is 1. The SMILES string of the molecule is CC(C)N(CCc1c[nH]c2cccc(CC(=O)O)c12)C(C)C. The minimum atomic E-state index is -0.786. The van der Waals surface area contributed by atoms with Gasteiger partial charge in [-0.1, -0.05) is 12.1 Å². The number of nitrogens with one attached hydrogen (secondary N) is 1. The summed E-state index contributed by atoms with van der Waals surface area (Å²) in [5.74, 6) is -0.786.